The third kappa shape index (κ3) is 4.99. The Hall–Kier alpha value is -3.44. The summed E-state index contributed by atoms with van der Waals surface area (Å²) in [4.78, 5) is 44.3. The predicted octanol–water partition coefficient (Wildman–Crippen LogP) is 3.91. The monoisotopic (exact) mass is 447 g/mol. The van der Waals surface area contributed by atoms with E-state index in [1.54, 1.807) is 20.8 Å². The van der Waals surface area contributed by atoms with E-state index in [-0.39, 0.29) is 18.4 Å². The van der Waals surface area contributed by atoms with Gasteiger partial charge in [0.1, 0.15) is 35.5 Å². The number of amidine groups is 1. The second-order valence-corrected chi connectivity index (χ2v) is 9.54. The molecular formula is C26H29N3O4. The van der Waals surface area contributed by atoms with Gasteiger partial charge in [-0.25, -0.2) is 4.79 Å². The molecule has 1 aromatic carbocycles. The molecule has 1 N–H and O–H groups in total. The van der Waals surface area contributed by atoms with Gasteiger partial charge in [-0.15, -0.1) is 0 Å². The van der Waals surface area contributed by atoms with E-state index in [4.69, 9.17) is 4.74 Å². The number of esters is 1. The summed E-state index contributed by atoms with van der Waals surface area (Å²) >= 11 is 0. The molecule has 1 fully saturated rings. The summed E-state index contributed by atoms with van der Waals surface area (Å²) < 4.78 is 5.50. The second-order valence-electron chi connectivity index (χ2n) is 9.54. The highest BCUT2D eigenvalue weighted by Gasteiger charge is 2.36. The van der Waals surface area contributed by atoms with Crippen molar-refractivity contribution in [2.24, 2.45) is 10.9 Å². The number of carbonyl (C=O) groups excluding carboxylic acids is 3. The van der Waals surface area contributed by atoms with E-state index in [1.807, 2.05) is 42.4 Å². The highest BCUT2D eigenvalue weighted by molar-refractivity contribution is 6.40. The number of allylic oxidation sites excluding steroid dienone is 4. The van der Waals surface area contributed by atoms with E-state index in [9.17, 15) is 14.4 Å². The molecule has 1 saturated heterocycles. The molecule has 3 aliphatic rings. The number of ether oxygens (including phenoxy) is 1. The summed E-state index contributed by atoms with van der Waals surface area (Å²) in [6.45, 7) is 5.24. The molecular weight excluding hydrogens is 418 g/mol. The van der Waals surface area contributed by atoms with Gasteiger partial charge in [-0.2, -0.15) is 0 Å². The Morgan fingerprint density at radius 1 is 1.27 bits per heavy atom. The van der Waals surface area contributed by atoms with Crippen LogP contribution in [0.1, 0.15) is 52.0 Å². The molecule has 2 unspecified atom stereocenters. The lowest BCUT2D eigenvalue weighted by atomic mass is 9.87. The predicted molar refractivity (Wildman–Crippen MR) is 127 cm³/mol. The van der Waals surface area contributed by atoms with Crippen LogP contribution in [0.25, 0.3) is 5.57 Å². The van der Waals surface area contributed by atoms with Crippen LogP contribution in [0.3, 0.4) is 0 Å². The molecule has 4 rings (SSSR count). The zero-order valence-corrected chi connectivity index (χ0v) is 19.3. The minimum absolute atomic E-state index is 0.169. The van der Waals surface area contributed by atoms with E-state index in [0.29, 0.717) is 17.8 Å². The van der Waals surface area contributed by atoms with Crippen molar-refractivity contribution in [3.63, 3.8) is 0 Å². The van der Waals surface area contributed by atoms with Crippen LogP contribution in [0, 0.1) is 5.92 Å². The molecule has 2 atom stereocenters. The molecule has 1 aliphatic carbocycles. The number of aliphatic imine (C=N–C) groups is 1. The standard InChI is InChI=1S/C26H29N3O4/c1-26(2,3)33-23(31)15-29-22-14-7-4-9-17(22)10-8-13-21(25(29)32)28-24-19(16-30)18-11-5-6-12-20(18)27-24/h4-7,11-12,14,17,21H,8-10,13,15H2,1-3H3,(H,27,28). The van der Waals surface area contributed by atoms with E-state index >= 15 is 0 Å². The molecule has 7 heteroatoms. The summed E-state index contributed by atoms with van der Waals surface area (Å²) in [6, 6.07) is 6.66. The van der Waals surface area contributed by atoms with Gasteiger partial charge in [-0.1, -0.05) is 36.8 Å². The fraction of sp³-hybridized carbons (Fsp3) is 0.423. The molecule has 0 radical (unpaired) electrons. The van der Waals surface area contributed by atoms with Crippen molar-refractivity contribution in [3.05, 3.63) is 53.8 Å². The first kappa shape index (κ1) is 22.7. The van der Waals surface area contributed by atoms with Gasteiger partial charge < -0.3 is 15.0 Å². The van der Waals surface area contributed by atoms with Crippen molar-refractivity contribution < 1.29 is 19.1 Å². The first-order valence-corrected chi connectivity index (χ1v) is 11.4. The van der Waals surface area contributed by atoms with Gasteiger partial charge in [0.15, 0.2) is 0 Å². The Morgan fingerprint density at radius 2 is 2.06 bits per heavy atom. The Balaban J connectivity index is 1.66. The smallest absolute Gasteiger partial charge is 0.326 e. The van der Waals surface area contributed by atoms with Crippen LogP contribution >= 0.6 is 0 Å². The van der Waals surface area contributed by atoms with Crippen molar-refractivity contribution in [1.29, 1.82) is 0 Å². The largest absolute Gasteiger partial charge is 0.459 e. The van der Waals surface area contributed by atoms with Gasteiger partial charge >= 0.3 is 5.97 Å². The van der Waals surface area contributed by atoms with E-state index in [2.05, 4.69) is 16.4 Å². The van der Waals surface area contributed by atoms with E-state index in [0.717, 1.165) is 36.2 Å². The van der Waals surface area contributed by atoms with Crippen molar-refractivity contribution in [2.75, 3.05) is 11.9 Å². The first-order valence-electron chi connectivity index (χ1n) is 11.4. The molecule has 0 saturated carbocycles. The van der Waals surface area contributed by atoms with Crippen LogP contribution in [-0.4, -0.2) is 46.7 Å². The number of carbonyl (C=O) groups is 2. The topological polar surface area (TPSA) is 88.1 Å². The average Bonchev–Trinajstić information content (AvgIpc) is 3.12. The number of amides is 1. The number of nitrogens with zero attached hydrogens (tertiary/aromatic N) is 2. The van der Waals surface area contributed by atoms with E-state index in [1.165, 1.54) is 4.90 Å². The Morgan fingerprint density at radius 3 is 2.82 bits per heavy atom. The Kier molecular flexibility index (Phi) is 6.34. The lowest BCUT2D eigenvalue weighted by Gasteiger charge is -2.35. The summed E-state index contributed by atoms with van der Waals surface area (Å²) in [5.41, 5.74) is 1.98. The zero-order valence-electron chi connectivity index (χ0n) is 19.3. The maximum absolute atomic E-state index is 13.7. The van der Waals surface area contributed by atoms with Gasteiger partial charge in [0.25, 0.3) is 5.91 Å². The fourth-order valence-corrected chi connectivity index (χ4v) is 4.51. The molecule has 1 aromatic rings. The van der Waals surface area contributed by atoms with Crippen molar-refractivity contribution in [2.45, 2.75) is 58.1 Å². The van der Waals surface area contributed by atoms with Gasteiger partial charge in [-0.3, -0.25) is 14.6 Å². The quantitative estimate of drug-likeness (QED) is 0.561. The van der Waals surface area contributed by atoms with Gasteiger partial charge in [0.2, 0.25) is 0 Å². The van der Waals surface area contributed by atoms with Crippen LogP contribution in [0.2, 0.25) is 0 Å². The molecule has 0 aromatic heterocycles. The third-order valence-corrected chi connectivity index (χ3v) is 5.92. The number of anilines is 1. The SMILES string of the molecule is CC(C)(C)OC(=O)CN1C(=O)C(N=C2Nc3ccccc3C2=C=O)CCCC2CC=CC=C21. The number of fused-ring (bicyclic) bond motifs is 2. The highest BCUT2D eigenvalue weighted by Crippen LogP contribution is 2.34. The molecule has 2 heterocycles. The molecule has 0 spiro atoms. The number of hydrogen-bond donors (Lipinski definition) is 1. The number of benzene rings is 1. The van der Waals surface area contributed by atoms with Crippen LogP contribution in [0.5, 0.6) is 0 Å². The lowest BCUT2D eigenvalue weighted by Crippen LogP contribution is -2.45. The molecule has 1 amide bonds. The summed E-state index contributed by atoms with van der Waals surface area (Å²) in [5.74, 6) is 1.77. The number of para-hydroxylation sites is 1. The number of rotatable bonds is 3. The van der Waals surface area contributed by atoms with Crippen LogP contribution in [-0.2, 0) is 19.1 Å². The molecule has 2 aliphatic heterocycles. The molecule has 0 bridgehead atoms. The maximum Gasteiger partial charge on any atom is 0.326 e. The number of likely N-dealkylation sites (tertiary alicyclic amines) is 1. The third-order valence-electron chi connectivity index (χ3n) is 5.92. The maximum atomic E-state index is 13.7. The van der Waals surface area contributed by atoms with Crippen LogP contribution < -0.4 is 5.32 Å². The van der Waals surface area contributed by atoms with Crippen molar-refractivity contribution in [3.8, 4) is 0 Å². The summed E-state index contributed by atoms with van der Waals surface area (Å²) in [5, 5.41) is 3.14. The Bertz CT molecular complexity index is 1100. The van der Waals surface area contributed by atoms with Crippen molar-refractivity contribution >= 4 is 34.9 Å². The fourth-order valence-electron chi connectivity index (χ4n) is 4.51. The van der Waals surface area contributed by atoms with Gasteiger partial charge in [0, 0.05) is 22.9 Å². The minimum Gasteiger partial charge on any atom is -0.459 e. The zero-order chi connectivity index (χ0) is 23.6. The summed E-state index contributed by atoms with van der Waals surface area (Å²) in [7, 11) is 0. The minimum atomic E-state index is -0.722. The normalized spacial score (nSPS) is 23.7. The summed E-state index contributed by atoms with van der Waals surface area (Å²) in [6.07, 6.45) is 8.99. The average molecular weight is 448 g/mol. The second kappa shape index (κ2) is 9.20. The highest BCUT2D eigenvalue weighted by atomic mass is 16.6. The van der Waals surface area contributed by atoms with Gasteiger partial charge in [0.05, 0.1) is 0 Å². The first-order chi connectivity index (χ1) is 15.8. The molecule has 33 heavy (non-hydrogen) atoms. The number of hydrogen-bond acceptors (Lipinski definition) is 5. The number of nitrogens with one attached hydrogen (secondary N) is 1. The van der Waals surface area contributed by atoms with Crippen LogP contribution in [0.15, 0.2) is 53.2 Å². The van der Waals surface area contributed by atoms with Crippen LogP contribution in [0.4, 0.5) is 5.69 Å². The lowest BCUT2D eigenvalue weighted by molar-refractivity contribution is -0.158. The molecule has 7 nitrogen and oxygen atoms in total. The molecule has 172 valence electrons. The Labute approximate surface area is 193 Å². The van der Waals surface area contributed by atoms with E-state index < -0.39 is 17.6 Å². The van der Waals surface area contributed by atoms with Crippen molar-refractivity contribution in [1.82, 2.24) is 4.90 Å². The van der Waals surface area contributed by atoms with Gasteiger partial charge in [-0.05, 0) is 52.2 Å².